The Kier molecular flexibility index (Phi) is 4.37. The number of hydrogen-bond donors (Lipinski definition) is 1. The number of nitriles is 1. The van der Waals surface area contributed by atoms with Crippen LogP contribution in [0.2, 0.25) is 0 Å². The van der Waals surface area contributed by atoms with Gasteiger partial charge in [0, 0.05) is 12.6 Å². The Morgan fingerprint density at radius 2 is 2.29 bits per heavy atom. The molecular formula is C11H21N3. The van der Waals surface area contributed by atoms with Gasteiger partial charge in [-0.3, -0.25) is 0 Å². The highest BCUT2D eigenvalue weighted by molar-refractivity contribution is 4.88. The van der Waals surface area contributed by atoms with Crippen molar-refractivity contribution in [2.24, 2.45) is 11.7 Å². The first-order chi connectivity index (χ1) is 6.65. The molecule has 1 rings (SSSR count). The summed E-state index contributed by atoms with van der Waals surface area (Å²) in [6.07, 6.45) is 3.42. The molecule has 0 amide bonds. The van der Waals surface area contributed by atoms with E-state index >= 15 is 0 Å². The standard InChI is InChI=1S/C11H21N3/c1-9-4-3-6-14(10(9)2)7-5-11(13)8-12/h9-11H,3-7,13H2,1-2H3. The molecule has 3 unspecified atom stereocenters. The zero-order valence-corrected chi connectivity index (χ0v) is 9.24. The van der Waals surface area contributed by atoms with Crippen LogP contribution < -0.4 is 5.73 Å². The smallest absolute Gasteiger partial charge is 0.0940 e. The minimum Gasteiger partial charge on any atom is -0.316 e. The Morgan fingerprint density at radius 3 is 2.93 bits per heavy atom. The maximum absolute atomic E-state index is 8.59. The molecule has 0 bridgehead atoms. The fraction of sp³-hybridized carbons (Fsp3) is 0.909. The van der Waals surface area contributed by atoms with Crippen molar-refractivity contribution >= 4 is 0 Å². The molecule has 0 radical (unpaired) electrons. The number of piperidine rings is 1. The van der Waals surface area contributed by atoms with Crippen LogP contribution in [0.15, 0.2) is 0 Å². The summed E-state index contributed by atoms with van der Waals surface area (Å²) in [5, 5.41) is 8.59. The van der Waals surface area contributed by atoms with Gasteiger partial charge in [-0.2, -0.15) is 5.26 Å². The summed E-state index contributed by atoms with van der Waals surface area (Å²) in [4.78, 5) is 2.46. The highest BCUT2D eigenvalue weighted by Gasteiger charge is 2.24. The zero-order chi connectivity index (χ0) is 10.6. The van der Waals surface area contributed by atoms with Gasteiger partial charge in [0.05, 0.1) is 12.1 Å². The first-order valence-electron chi connectivity index (χ1n) is 5.54. The van der Waals surface area contributed by atoms with Crippen LogP contribution in [-0.2, 0) is 0 Å². The average Bonchev–Trinajstić information content (AvgIpc) is 2.20. The molecular weight excluding hydrogens is 174 g/mol. The lowest BCUT2D eigenvalue weighted by molar-refractivity contribution is 0.112. The van der Waals surface area contributed by atoms with Gasteiger partial charge in [0.1, 0.15) is 0 Å². The monoisotopic (exact) mass is 195 g/mol. The molecule has 0 aromatic rings. The van der Waals surface area contributed by atoms with Crippen LogP contribution in [0.1, 0.15) is 33.1 Å². The Hall–Kier alpha value is -0.590. The summed E-state index contributed by atoms with van der Waals surface area (Å²) in [6, 6.07) is 2.44. The zero-order valence-electron chi connectivity index (χ0n) is 9.24. The van der Waals surface area contributed by atoms with E-state index in [1.54, 1.807) is 0 Å². The molecule has 1 aliphatic rings. The Bertz CT molecular complexity index is 209. The van der Waals surface area contributed by atoms with Gasteiger partial charge in [-0.25, -0.2) is 0 Å². The van der Waals surface area contributed by atoms with Gasteiger partial charge < -0.3 is 10.6 Å². The Labute approximate surface area is 86.9 Å². The summed E-state index contributed by atoms with van der Waals surface area (Å²) < 4.78 is 0. The third kappa shape index (κ3) is 2.97. The lowest BCUT2D eigenvalue weighted by Gasteiger charge is -2.38. The van der Waals surface area contributed by atoms with Gasteiger partial charge in [-0.1, -0.05) is 6.92 Å². The molecule has 1 aliphatic heterocycles. The van der Waals surface area contributed by atoms with E-state index in [9.17, 15) is 0 Å². The molecule has 3 nitrogen and oxygen atoms in total. The lowest BCUT2D eigenvalue weighted by Crippen LogP contribution is -2.43. The predicted molar refractivity (Wildman–Crippen MR) is 57.6 cm³/mol. The van der Waals surface area contributed by atoms with Crippen molar-refractivity contribution in [3.8, 4) is 6.07 Å². The second-order valence-electron chi connectivity index (χ2n) is 4.42. The molecule has 14 heavy (non-hydrogen) atoms. The highest BCUT2D eigenvalue weighted by Crippen LogP contribution is 2.22. The van der Waals surface area contributed by atoms with Crippen molar-refractivity contribution in [1.82, 2.24) is 4.90 Å². The predicted octanol–water partition coefficient (Wildman–Crippen LogP) is 1.35. The summed E-state index contributed by atoms with van der Waals surface area (Å²) in [6.45, 7) is 6.73. The summed E-state index contributed by atoms with van der Waals surface area (Å²) in [7, 11) is 0. The SMILES string of the molecule is CC1CCCN(CCC(N)C#N)C1C. The number of nitrogens with two attached hydrogens (primary N) is 1. The average molecular weight is 195 g/mol. The molecule has 1 fully saturated rings. The molecule has 0 saturated carbocycles. The highest BCUT2D eigenvalue weighted by atomic mass is 15.2. The first-order valence-corrected chi connectivity index (χ1v) is 5.54. The van der Waals surface area contributed by atoms with Crippen LogP contribution in [0, 0.1) is 17.2 Å². The molecule has 0 spiro atoms. The van der Waals surface area contributed by atoms with Crippen molar-refractivity contribution in [2.45, 2.75) is 45.2 Å². The second kappa shape index (κ2) is 5.33. The third-order valence-electron chi connectivity index (χ3n) is 3.40. The van der Waals surface area contributed by atoms with E-state index in [2.05, 4.69) is 24.8 Å². The number of likely N-dealkylation sites (tertiary alicyclic amines) is 1. The van der Waals surface area contributed by atoms with E-state index < -0.39 is 0 Å². The van der Waals surface area contributed by atoms with Crippen LogP contribution in [0.5, 0.6) is 0 Å². The number of rotatable bonds is 3. The topological polar surface area (TPSA) is 53.0 Å². The third-order valence-corrected chi connectivity index (χ3v) is 3.40. The molecule has 0 aliphatic carbocycles. The molecule has 3 heteroatoms. The van der Waals surface area contributed by atoms with Crippen LogP contribution in [0.3, 0.4) is 0 Å². The lowest BCUT2D eigenvalue weighted by atomic mass is 9.92. The van der Waals surface area contributed by atoms with Gasteiger partial charge in [0.15, 0.2) is 0 Å². The van der Waals surface area contributed by atoms with Gasteiger partial charge in [-0.05, 0) is 38.6 Å². The Balaban J connectivity index is 2.33. The first kappa shape index (κ1) is 11.5. The van der Waals surface area contributed by atoms with E-state index in [-0.39, 0.29) is 6.04 Å². The fourth-order valence-electron chi connectivity index (χ4n) is 2.11. The van der Waals surface area contributed by atoms with E-state index in [1.807, 2.05) is 0 Å². The summed E-state index contributed by atoms with van der Waals surface area (Å²) in [5.41, 5.74) is 5.58. The molecule has 0 aromatic carbocycles. The summed E-state index contributed by atoms with van der Waals surface area (Å²) in [5.74, 6) is 0.780. The minimum atomic E-state index is -0.292. The number of hydrogen-bond acceptors (Lipinski definition) is 3. The maximum Gasteiger partial charge on any atom is 0.0940 e. The van der Waals surface area contributed by atoms with Gasteiger partial charge in [0.25, 0.3) is 0 Å². The van der Waals surface area contributed by atoms with E-state index in [1.165, 1.54) is 19.4 Å². The van der Waals surface area contributed by atoms with Gasteiger partial charge in [-0.15, -0.1) is 0 Å². The summed E-state index contributed by atoms with van der Waals surface area (Å²) >= 11 is 0. The van der Waals surface area contributed by atoms with Crippen molar-refractivity contribution in [3.05, 3.63) is 0 Å². The van der Waals surface area contributed by atoms with Gasteiger partial charge >= 0.3 is 0 Å². The second-order valence-corrected chi connectivity index (χ2v) is 4.42. The van der Waals surface area contributed by atoms with Gasteiger partial charge in [0.2, 0.25) is 0 Å². The molecule has 1 heterocycles. The van der Waals surface area contributed by atoms with Crippen LogP contribution in [0.4, 0.5) is 0 Å². The van der Waals surface area contributed by atoms with Crippen LogP contribution in [-0.4, -0.2) is 30.1 Å². The molecule has 80 valence electrons. The number of nitrogens with zero attached hydrogens (tertiary/aromatic N) is 2. The molecule has 1 saturated heterocycles. The fourth-order valence-corrected chi connectivity index (χ4v) is 2.11. The van der Waals surface area contributed by atoms with Crippen molar-refractivity contribution in [1.29, 1.82) is 5.26 Å². The van der Waals surface area contributed by atoms with E-state index in [4.69, 9.17) is 11.0 Å². The van der Waals surface area contributed by atoms with Crippen molar-refractivity contribution in [3.63, 3.8) is 0 Å². The van der Waals surface area contributed by atoms with E-state index in [0.29, 0.717) is 6.04 Å². The largest absolute Gasteiger partial charge is 0.316 e. The van der Waals surface area contributed by atoms with Crippen molar-refractivity contribution < 1.29 is 0 Å². The van der Waals surface area contributed by atoms with Crippen molar-refractivity contribution in [2.75, 3.05) is 13.1 Å². The normalized spacial score (nSPS) is 31.0. The quantitative estimate of drug-likeness (QED) is 0.739. The van der Waals surface area contributed by atoms with Crippen LogP contribution >= 0.6 is 0 Å². The molecule has 0 aromatic heterocycles. The Morgan fingerprint density at radius 1 is 1.57 bits per heavy atom. The molecule has 2 N–H and O–H groups in total. The molecule has 3 atom stereocenters. The minimum absolute atomic E-state index is 0.292. The maximum atomic E-state index is 8.59. The van der Waals surface area contributed by atoms with Crippen LogP contribution in [0.25, 0.3) is 0 Å². The van der Waals surface area contributed by atoms with E-state index in [0.717, 1.165) is 18.9 Å².